The quantitative estimate of drug-likeness (QED) is 0.520. The van der Waals surface area contributed by atoms with Gasteiger partial charge in [-0.15, -0.1) is 10.3 Å². The predicted molar refractivity (Wildman–Crippen MR) is 111 cm³/mol. The molecule has 1 rings (SSSR count). The summed E-state index contributed by atoms with van der Waals surface area (Å²) in [7, 11) is 6.89. The summed E-state index contributed by atoms with van der Waals surface area (Å²) in [6.45, 7) is 18.4. The number of rotatable bonds is 10. The molecule has 155 valence electrons. The van der Waals surface area contributed by atoms with E-state index in [1.165, 1.54) is 30.7 Å². The molecule has 0 aliphatic carbocycles. The van der Waals surface area contributed by atoms with Crippen molar-refractivity contribution in [1.82, 2.24) is 5.06 Å². The van der Waals surface area contributed by atoms with Gasteiger partial charge in [-0.1, -0.05) is 27.7 Å². The molecule has 0 spiro atoms. The maximum atomic E-state index is 13.6. The first-order chi connectivity index (χ1) is 12.0. The number of nitrogens with zero attached hydrogens (tertiary/aromatic N) is 3. The zero-order chi connectivity index (χ0) is 20.2. The van der Waals surface area contributed by atoms with Gasteiger partial charge in [0.05, 0.1) is 51.4 Å². The summed E-state index contributed by atoms with van der Waals surface area (Å²) in [6.07, 6.45) is 5.98. The molecule has 0 amide bonds. The van der Waals surface area contributed by atoms with E-state index in [2.05, 4.69) is 62.7 Å². The molecule has 0 aromatic rings. The Hall–Kier alpha value is -0.160. The van der Waals surface area contributed by atoms with Crippen LogP contribution >= 0.6 is 0 Å². The van der Waals surface area contributed by atoms with Crippen molar-refractivity contribution >= 4 is 0 Å². The minimum atomic E-state index is -0.181. The molecule has 1 fully saturated rings. The van der Waals surface area contributed by atoms with Crippen molar-refractivity contribution in [1.29, 1.82) is 0 Å². The molecule has 1 heterocycles. The predicted octanol–water partition coefficient (Wildman–Crippen LogP) is 4.48. The van der Waals surface area contributed by atoms with Gasteiger partial charge in [0, 0.05) is 12.8 Å². The number of quaternary nitrogens is 2. The van der Waals surface area contributed by atoms with Gasteiger partial charge in [-0.3, -0.25) is 0 Å². The lowest BCUT2D eigenvalue weighted by Gasteiger charge is -2.59. The van der Waals surface area contributed by atoms with Crippen molar-refractivity contribution in [3.8, 4) is 0 Å². The molecule has 1 aliphatic rings. The second-order valence-corrected chi connectivity index (χ2v) is 9.81. The van der Waals surface area contributed by atoms with E-state index in [1.807, 2.05) is 0 Å². The zero-order valence-electron chi connectivity index (χ0n) is 19.4. The largest absolute Gasteiger partial charge is 0.326 e. The second kappa shape index (κ2) is 8.89. The van der Waals surface area contributed by atoms with E-state index in [4.69, 9.17) is 0 Å². The Labute approximate surface area is 164 Å². The highest BCUT2D eigenvalue weighted by molar-refractivity contribution is 5.03. The summed E-state index contributed by atoms with van der Waals surface area (Å²) in [4.78, 5) is 0. The Bertz CT molecular complexity index is 396. The van der Waals surface area contributed by atoms with Crippen LogP contribution in [0.5, 0.6) is 0 Å². The number of hydrogen-bond acceptors (Lipinski definition) is 1. The molecule has 4 nitrogen and oxygen atoms in total. The summed E-state index contributed by atoms with van der Waals surface area (Å²) >= 11 is 0. The number of piperidine rings is 1. The first-order valence-electron chi connectivity index (χ1n) is 11.2. The van der Waals surface area contributed by atoms with E-state index < -0.39 is 0 Å². The Kier molecular flexibility index (Phi) is 8.17. The van der Waals surface area contributed by atoms with Gasteiger partial charge in [0.2, 0.25) is 0 Å². The average molecular weight is 371 g/mol. The molecule has 0 unspecified atom stereocenters. The van der Waals surface area contributed by atoms with Crippen LogP contribution in [-0.2, 0) is 5.21 Å². The number of hydrogen-bond donors (Lipinski definition) is 0. The van der Waals surface area contributed by atoms with Gasteiger partial charge in [0.25, 0.3) is 0 Å². The molecule has 1 radical (unpaired) electrons. The van der Waals surface area contributed by atoms with Gasteiger partial charge >= 0.3 is 0 Å². The normalized spacial score (nSPS) is 21.9. The Morgan fingerprint density at radius 1 is 0.769 bits per heavy atom. The molecule has 0 aromatic heterocycles. The summed E-state index contributed by atoms with van der Waals surface area (Å²) in [5, 5.41) is 15.1. The maximum absolute atomic E-state index is 13.6. The van der Waals surface area contributed by atoms with Crippen molar-refractivity contribution in [2.75, 3.05) is 47.3 Å². The molecule has 0 aromatic carbocycles. The summed E-state index contributed by atoms with van der Waals surface area (Å²) in [5.74, 6) is 0. The smallest absolute Gasteiger partial charge is 0.129 e. The fourth-order valence-electron chi connectivity index (χ4n) is 5.40. The van der Waals surface area contributed by atoms with Crippen LogP contribution in [0.25, 0.3) is 0 Å². The molecule has 4 heteroatoms. The monoisotopic (exact) mass is 370 g/mol. The van der Waals surface area contributed by atoms with E-state index in [0.29, 0.717) is 6.04 Å². The van der Waals surface area contributed by atoms with Crippen LogP contribution in [-0.4, -0.2) is 78.5 Å². The molecule has 1 aliphatic heterocycles. The highest BCUT2D eigenvalue weighted by atomic mass is 16.5. The van der Waals surface area contributed by atoms with Gasteiger partial charge in [0.15, 0.2) is 0 Å². The first kappa shape index (κ1) is 23.9. The van der Waals surface area contributed by atoms with Crippen molar-refractivity contribution in [3.05, 3.63) is 0 Å². The molecule has 26 heavy (non-hydrogen) atoms. The molecule has 0 atom stereocenters. The van der Waals surface area contributed by atoms with Gasteiger partial charge in [-0.05, 0) is 39.5 Å². The van der Waals surface area contributed by atoms with Crippen molar-refractivity contribution in [2.24, 2.45) is 0 Å². The lowest BCUT2D eigenvalue weighted by atomic mass is 9.70. The van der Waals surface area contributed by atoms with Crippen LogP contribution in [0.15, 0.2) is 0 Å². The third-order valence-corrected chi connectivity index (χ3v) is 7.98. The minimum Gasteiger partial charge on any atom is -0.326 e. The topological polar surface area (TPSA) is 23.1 Å². The average Bonchev–Trinajstić information content (AvgIpc) is 2.63. The van der Waals surface area contributed by atoms with E-state index in [9.17, 15) is 5.21 Å². The summed E-state index contributed by atoms with van der Waals surface area (Å²) in [6, 6.07) is 0.599. The van der Waals surface area contributed by atoms with Crippen LogP contribution < -0.4 is 0 Å². The van der Waals surface area contributed by atoms with Gasteiger partial charge < -0.3 is 8.97 Å². The molecule has 0 bridgehead atoms. The summed E-state index contributed by atoms with van der Waals surface area (Å²) in [5.41, 5.74) is -0.362. The van der Waals surface area contributed by atoms with Gasteiger partial charge in [-0.2, -0.15) is 0 Å². The van der Waals surface area contributed by atoms with Gasteiger partial charge in [-0.25, -0.2) is 0 Å². The number of likely N-dealkylation sites (N-methyl/N-ethyl adjacent to an activating group) is 2. The highest BCUT2D eigenvalue weighted by Crippen LogP contribution is 2.47. The lowest BCUT2D eigenvalue weighted by Crippen LogP contribution is -2.70. The van der Waals surface area contributed by atoms with E-state index >= 15 is 0 Å². The first-order valence-corrected chi connectivity index (χ1v) is 11.2. The molecular weight excluding hydrogens is 322 g/mol. The molecule has 0 saturated carbocycles. The second-order valence-electron chi connectivity index (χ2n) is 9.81. The van der Waals surface area contributed by atoms with Crippen molar-refractivity contribution in [3.63, 3.8) is 0 Å². The van der Waals surface area contributed by atoms with Crippen LogP contribution in [0.2, 0.25) is 0 Å². The van der Waals surface area contributed by atoms with Crippen molar-refractivity contribution < 1.29 is 14.2 Å². The fourth-order valence-corrected chi connectivity index (χ4v) is 5.40. The highest BCUT2D eigenvalue weighted by Gasteiger charge is 2.56. The van der Waals surface area contributed by atoms with Crippen molar-refractivity contribution in [2.45, 2.75) is 97.2 Å². The zero-order valence-corrected chi connectivity index (χ0v) is 19.4. The Morgan fingerprint density at radius 3 is 1.42 bits per heavy atom. The van der Waals surface area contributed by atoms with E-state index in [-0.39, 0.29) is 11.1 Å². The Balaban J connectivity index is 3.33. The third kappa shape index (κ3) is 4.45. The molecule has 0 N–H and O–H groups in total. The molecule has 1 saturated heterocycles. The van der Waals surface area contributed by atoms with E-state index in [0.717, 1.165) is 43.0 Å². The SMILES string of the molecule is CCC1(CC)CC([N+](CC)(CC)CC[N+](C)(C)C)CC(CC)(CC)N1[O]. The lowest BCUT2D eigenvalue weighted by molar-refractivity contribution is -0.977. The van der Waals surface area contributed by atoms with E-state index in [1.54, 1.807) is 5.06 Å². The van der Waals surface area contributed by atoms with Gasteiger partial charge in [0.1, 0.15) is 13.1 Å². The molecular formula is C22H48N3O+2. The van der Waals surface area contributed by atoms with Crippen LogP contribution in [0.1, 0.15) is 80.1 Å². The van der Waals surface area contributed by atoms with Crippen LogP contribution in [0.4, 0.5) is 0 Å². The Morgan fingerprint density at radius 2 is 1.15 bits per heavy atom. The minimum absolute atomic E-state index is 0.181. The standard InChI is InChI=1S/C22H48N3O/c1-10-21(11-2)18-20(19-22(12-3,13-4)23(21)26)25(14-5,15-6)17-16-24(7,8)9/h20H,10-19H2,1-9H3/q+2. The fraction of sp³-hybridized carbons (Fsp3) is 1.00. The summed E-state index contributed by atoms with van der Waals surface area (Å²) < 4.78 is 2.19. The van der Waals surface area contributed by atoms with Crippen LogP contribution in [0, 0.1) is 0 Å². The van der Waals surface area contributed by atoms with Crippen LogP contribution in [0.3, 0.4) is 0 Å². The third-order valence-electron chi connectivity index (χ3n) is 7.98. The maximum Gasteiger partial charge on any atom is 0.129 e. The number of hydroxylamine groups is 2.